The standard InChI is InChI=1S/C12H9IN2O3S/c1-14(12(16)8-6-11(13)19-7-8)9-2-4-10(5-3-9)15(17)18/h2-7H,1H3. The number of hydrogen-bond donors (Lipinski definition) is 0. The number of carbonyl (C=O) groups is 1. The molecule has 0 bridgehead atoms. The van der Waals surface area contributed by atoms with Gasteiger partial charge in [0.2, 0.25) is 0 Å². The summed E-state index contributed by atoms with van der Waals surface area (Å²) in [6, 6.07) is 7.71. The molecule has 0 N–H and O–H groups in total. The summed E-state index contributed by atoms with van der Waals surface area (Å²) in [6.07, 6.45) is 0. The number of benzene rings is 1. The maximum atomic E-state index is 12.2. The minimum absolute atomic E-state index is 0.00896. The molecule has 0 unspecified atom stereocenters. The van der Waals surface area contributed by atoms with Gasteiger partial charge in [0.05, 0.1) is 13.4 Å². The van der Waals surface area contributed by atoms with E-state index in [9.17, 15) is 14.9 Å². The van der Waals surface area contributed by atoms with Gasteiger partial charge in [-0.25, -0.2) is 0 Å². The van der Waals surface area contributed by atoms with Gasteiger partial charge in [-0.15, -0.1) is 11.3 Å². The number of nitrogens with zero attached hydrogens (tertiary/aromatic N) is 2. The van der Waals surface area contributed by atoms with Crippen molar-refractivity contribution >= 4 is 51.2 Å². The van der Waals surface area contributed by atoms with E-state index in [0.717, 1.165) is 2.88 Å². The summed E-state index contributed by atoms with van der Waals surface area (Å²) < 4.78 is 1.04. The molecule has 0 atom stereocenters. The zero-order valence-electron chi connectivity index (χ0n) is 9.87. The Balaban J connectivity index is 2.21. The fraction of sp³-hybridized carbons (Fsp3) is 0.0833. The molecule has 1 heterocycles. The summed E-state index contributed by atoms with van der Waals surface area (Å²) in [5.41, 5.74) is 1.25. The van der Waals surface area contributed by atoms with Crippen molar-refractivity contribution in [2.75, 3.05) is 11.9 Å². The number of thiophene rings is 1. The molecule has 1 amide bonds. The first-order valence-corrected chi connectivity index (χ1v) is 7.21. The number of anilines is 1. The number of nitro groups is 1. The molecule has 5 nitrogen and oxygen atoms in total. The highest BCUT2D eigenvalue weighted by molar-refractivity contribution is 14.1. The van der Waals surface area contributed by atoms with Crippen molar-refractivity contribution in [2.45, 2.75) is 0 Å². The van der Waals surface area contributed by atoms with Gasteiger partial charge in [0.25, 0.3) is 11.6 Å². The van der Waals surface area contributed by atoms with E-state index in [1.807, 2.05) is 6.07 Å². The largest absolute Gasteiger partial charge is 0.311 e. The summed E-state index contributed by atoms with van der Waals surface area (Å²) in [5, 5.41) is 12.4. The number of non-ortho nitro benzene ring substituents is 1. The maximum absolute atomic E-state index is 12.2. The average molecular weight is 388 g/mol. The summed E-state index contributed by atoms with van der Waals surface area (Å²) >= 11 is 3.66. The lowest BCUT2D eigenvalue weighted by molar-refractivity contribution is -0.384. The van der Waals surface area contributed by atoms with Gasteiger partial charge in [-0.3, -0.25) is 14.9 Å². The third kappa shape index (κ3) is 3.10. The molecular weight excluding hydrogens is 379 g/mol. The smallest absolute Gasteiger partial charge is 0.269 e. The molecule has 0 spiro atoms. The number of halogens is 1. The summed E-state index contributed by atoms with van der Waals surface area (Å²) in [6.45, 7) is 0. The highest BCUT2D eigenvalue weighted by Crippen LogP contribution is 2.22. The van der Waals surface area contributed by atoms with Crippen LogP contribution in [-0.2, 0) is 0 Å². The quantitative estimate of drug-likeness (QED) is 0.459. The first-order valence-electron chi connectivity index (χ1n) is 5.25. The van der Waals surface area contributed by atoms with Crippen molar-refractivity contribution in [1.29, 1.82) is 0 Å². The lowest BCUT2D eigenvalue weighted by atomic mass is 10.2. The lowest BCUT2D eigenvalue weighted by Crippen LogP contribution is -2.25. The van der Waals surface area contributed by atoms with E-state index in [4.69, 9.17) is 0 Å². The topological polar surface area (TPSA) is 63.5 Å². The molecule has 2 aromatic rings. The van der Waals surface area contributed by atoms with Gasteiger partial charge in [-0.1, -0.05) is 0 Å². The Morgan fingerprint density at radius 2 is 2.00 bits per heavy atom. The number of nitro benzene ring substituents is 1. The SMILES string of the molecule is CN(C(=O)c1csc(I)c1)c1ccc([N+](=O)[O-])cc1. The van der Waals surface area contributed by atoms with Gasteiger partial charge in [0.15, 0.2) is 0 Å². The van der Waals surface area contributed by atoms with Crippen LogP contribution in [0.1, 0.15) is 10.4 Å². The second kappa shape index (κ2) is 5.66. The Bertz CT molecular complexity index is 624. The monoisotopic (exact) mass is 388 g/mol. The van der Waals surface area contributed by atoms with Crippen LogP contribution in [0.15, 0.2) is 35.7 Å². The molecular formula is C12H9IN2O3S. The van der Waals surface area contributed by atoms with Crippen molar-refractivity contribution in [3.05, 3.63) is 54.3 Å². The molecule has 7 heteroatoms. The average Bonchev–Trinajstić information content (AvgIpc) is 2.84. The second-order valence-corrected chi connectivity index (χ2v) is 6.58. The summed E-state index contributed by atoms with van der Waals surface area (Å²) in [4.78, 5) is 23.7. The Labute approximate surface area is 127 Å². The zero-order chi connectivity index (χ0) is 14.0. The van der Waals surface area contributed by atoms with Gasteiger partial charge < -0.3 is 4.90 Å². The summed E-state index contributed by atoms with van der Waals surface area (Å²) in [5.74, 6) is -0.131. The molecule has 0 radical (unpaired) electrons. The van der Waals surface area contributed by atoms with Crippen LogP contribution < -0.4 is 4.90 Å². The molecule has 0 aliphatic carbocycles. The van der Waals surface area contributed by atoms with Crippen LogP contribution in [0.5, 0.6) is 0 Å². The Hall–Kier alpha value is -1.48. The molecule has 0 saturated heterocycles. The van der Waals surface area contributed by atoms with Crippen LogP contribution in [0.2, 0.25) is 0 Å². The molecule has 0 aliphatic rings. The Kier molecular flexibility index (Phi) is 4.15. The highest BCUT2D eigenvalue weighted by Gasteiger charge is 2.15. The second-order valence-electron chi connectivity index (χ2n) is 3.78. The van der Waals surface area contributed by atoms with Crippen LogP contribution in [0, 0.1) is 13.0 Å². The summed E-state index contributed by atoms with van der Waals surface area (Å²) in [7, 11) is 1.65. The Morgan fingerprint density at radius 3 is 2.47 bits per heavy atom. The maximum Gasteiger partial charge on any atom is 0.269 e. The minimum atomic E-state index is -0.465. The van der Waals surface area contributed by atoms with E-state index in [1.54, 1.807) is 24.6 Å². The van der Waals surface area contributed by atoms with Crippen LogP contribution in [0.3, 0.4) is 0 Å². The molecule has 0 fully saturated rings. The molecule has 0 aliphatic heterocycles. The van der Waals surface area contributed by atoms with Crippen molar-refractivity contribution < 1.29 is 9.72 Å². The van der Waals surface area contributed by atoms with Gasteiger partial charge in [-0.2, -0.15) is 0 Å². The first-order chi connectivity index (χ1) is 8.99. The van der Waals surface area contributed by atoms with E-state index in [-0.39, 0.29) is 11.6 Å². The molecule has 0 saturated carbocycles. The molecule has 2 rings (SSSR count). The van der Waals surface area contributed by atoms with Gasteiger partial charge in [0.1, 0.15) is 0 Å². The van der Waals surface area contributed by atoms with Gasteiger partial charge >= 0.3 is 0 Å². The molecule has 19 heavy (non-hydrogen) atoms. The van der Waals surface area contributed by atoms with E-state index in [0.29, 0.717) is 11.3 Å². The number of amides is 1. The number of carbonyl (C=O) groups excluding carboxylic acids is 1. The van der Waals surface area contributed by atoms with E-state index in [2.05, 4.69) is 22.6 Å². The van der Waals surface area contributed by atoms with E-state index >= 15 is 0 Å². The third-order valence-electron chi connectivity index (χ3n) is 2.57. The van der Waals surface area contributed by atoms with Crippen LogP contribution >= 0.6 is 33.9 Å². The van der Waals surface area contributed by atoms with E-state index in [1.165, 1.54) is 28.4 Å². The number of rotatable bonds is 3. The molecule has 1 aromatic heterocycles. The third-order valence-corrected chi connectivity index (χ3v) is 4.36. The lowest BCUT2D eigenvalue weighted by Gasteiger charge is -2.16. The van der Waals surface area contributed by atoms with Crippen molar-refractivity contribution in [3.8, 4) is 0 Å². The fourth-order valence-electron chi connectivity index (χ4n) is 1.53. The predicted octanol–water partition coefficient (Wildman–Crippen LogP) is 3.54. The van der Waals surface area contributed by atoms with Crippen molar-refractivity contribution in [2.24, 2.45) is 0 Å². The molecule has 98 valence electrons. The van der Waals surface area contributed by atoms with Crippen LogP contribution in [0.25, 0.3) is 0 Å². The van der Waals surface area contributed by atoms with Crippen LogP contribution in [-0.4, -0.2) is 17.9 Å². The van der Waals surface area contributed by atoms with Crippen molar-refractivity contribution in [1.82, 2.24) is 0 Å². The van der Waals surface area contributed by atoms with E-state index < -0.39 is 4.92 Å². The minimum Gasteiger partial charge on any atom is -0.311 e. The predicted molar refractivity (Wildman–Crippen MR) is 82.9 cm³/mol. The number of hydrogen-bond acceptors (Lipinski definition) is 4. The van der Waals surface area contributed by atoms with Gasteiger partial charge in [0, 0.05) is 30.2 Å². The Morgan fingerprint density at radius 1 is 1.37 bits per heavy atom. The van der Waals surface area contributed by atoms with Gasteiger partial charge in [-0.05, 0) is 40.8 Å². The van der Waals surface area contributed by atoms with Crippen molar-refractivity contribution in [3.63, 3.8) is 0 Å². The first kappa shape index (κ1) is 13.9. The molecule has 1 aromatic carbocycles. The zero-order valence-corrected chi connectivity index (χ0v) is 12.8. The fourth-order valence-corrected chi connectivity index (χ4v) is 2.85. The normalized spacial score (nSPS) is 10.2. The van der Waals surface area contributed by atoms with Crippen LogP contribution in [0.4, 0.5) is 11.4 Å². The highest BCUT2D eigenvalue weighted by atomic mass is 127.